The predicted octanol–water partition coefficient (Wildman–Crippen LogP) is 4.51. The molecule has 2 aliphatic rings. The summed E-state index contributed by atoms with van der Waals surface area (Å²) >= 11 is 0. The third-order valence-corrected chi connectivity index (χ3v) is 7.07. The van der Waals surface area contributed by atoms with Crippen molar-refractivity contribution in [2.45, 2.75) is 40.0 Å². The van der Waals surface area contributed by atoms with Crippen LogP contribution in [0.2, 0.25) is 0 Å². The number of ketones is 2. The third kappa shape index (κ3) is 2.60. The SMILES string of the molecule is C=CC1=CC[C@@]2(C)C(=O)C(C)=C(C)C(=O)[C@@]2(C)[C@H]1c1c(OC)cc(O)cc1OC. The molecule has 5 nitrogen and oxygen atoms in total. The fourth-order valence-corrected chi connectivity index (χ4v) is 5.02. The molecule has 3 rings (SSSR count). The zero-order valence-electron chi connectivity index (χ0n) is 17.9. The molecule has 1 aromatic rings. The van der Waals surface area contributed by atoms with Crippen molar-refractivity contribution >= 4 is 11.6 Å². The van der Waals surface area contributed by atoms with Gasteiger partial charge in [-0.25, -0.2) is 0 Å². The maximum atomic E-state index is 13.8. The van der Waals surface area contributed by atoms with E-state index >= 15 is 0 Å². The molecule has 0 amide bonds. The van der Waals surface area contributed by atoms with E-state index in [1.807, 2.05) is 19.9 Å². The van der Waals surface area contributed by atoms with Gasteiger partial charge in [-0.1, -0.05) is 32.6 Å². The van der Waals surface area contributed by atoms with Gasteiger partial charge in [0, 0.05) is 29.0 Å². The summed E-state index contributed by atoms with van der Waals surface area (Å²) in [5.41, 5.74) is 0.486. The molecule has 0 heterocycles. The molecule has 5 heteroatoms. The molecular weight excluding hydrogens is 368 g/mol. The Morgan fingerprint density at radius 3 is 2.07 bits per heavy atom. The number of phenolic OH excluding ortho intramolecular Hbond substituents is 1. The van der Waals surface area contributed by atoms with Crippen LogP contribution in [0.15, 0.2) is 47.6 Å². The number of carbonyl (C=O) groups is 2. The summed E-state index contributed by atoms with van der Waals surface area (Å²) in [5, 5.41) is 10.1. The Bertz CT molecular complexity index is 958. The number of aromatic hydroxyl groups is 1. The highest BCUT2D eigenvalue weighted by Gasteiger charge is 2.63. The lowest BCUT2D eigenvalue weighted by Gasteiger charge is -2.54. The third-order valence-electron chi connectivity index (χ3n) is 7.07. The Labute approximate surface area is 171 Å². The van der Waals surface area contributed by atoms with E-state index in [1.165, 1.54) is 26.4 Å². The summed E-state index contributed by atoms with van der Waals surface area (Å²) in [7, 11) is 3.00. The number of ether oxygens (including phenoxy) is 2. The molecule has 0 unspecified atom stereocenters. The standard InChI is InChI=1S/C24H28O5/c1-8-15-9-10-23(4)21(26)13(2)14(3)22(27)24(23,5)20(15)19-17(28-6)11-16(25)12-18(19)29-7/h8-9,11-12,20,25H,1,10H2,2-7H3/t20-,23+,24-/m1/s1. The van der Waals surface area contributed by atoms with Gasteiger partial charge in [-0.05, 0) is 37.0 Å². The van der Waals surface area contributed by atoms with E-state index < -0.39 is 16.7 Å². The predicted molar refractivity (Wildman–Crippen MR) is 111 cm³/mol. The summed E-state index contributed by atoms with van der Waals surface area (Å²) in [6.07, 6.45) is 4.14. The number of phenols is 1. The van der Waals surface area contributed by atoms with E-state index in [0.29, 0.717) is 34.6 Å². The topological polar surface area (TPSA) is 72.8 Å². The number of benzene rings is 1. The van der Waals surface area contributed by atoms with E-state index in [2.05, 4.69) is 6.58 Å². The number of Topliss-reactive ketones (excluding diaryl/α,β-unsaturated/α-hetero) is 2. The molecule has 0 bridgehead atoms. The number of allylic oxidation sites excluding steroid dienone is 5. The molecule has 3 atom stereocenters. The zero-order chi connectivity index (χ0) is 21.7. The summed E-state index contributed by atoms with van der Waals surface area (Å²) < 4.78 is 11.1. The van der Waals surface area contributed by atoms with Gasteiger partial charge in [-0.3, -0.25) is 9.59 Å². The lowest BCUT2D eigenvalue weighted by Crippen LogP contribution is -2.57. The van der Waals surface area contributed by atoms with Gasteiger partial charge in [0.15, 0.2) is 11.6 Å². The molecule has 2 aliphatic carbocycles. The highest BCUT2D eigenvalue weighted by Crippen LogP contribution is 2.64. The molecule has 0 aromatic heterocycles. The van der Waals surface area contributed by atoms with Crippen molar-refractivity contribution in [2.75, 3.05) is 14.2 Å². The zero-order valence-corrected chi connectivity index (χ0v) is 17.9. The maximum absolute atomic E-state index is 13.8. The Hall–Kier alpha value is -2.82. The molecular formula is C24H28O5. The molecule has 0 saturated heterocycles. The van der Waals surface area contributed by atoms with Crippen molar-refractivity contribution in [2.24, 2.45) is 10.8 Å². The number of methoxy groups -OCH3 is 2. The fraction of sp³-hybridized carbons (Fsp3) is 0.417. The minimum Gasteiger partial charge on any atom is -0.508 e. The monoisotopic (exact) mass is 396 g/mol. The van der Waals surface area contributed by atoms with E-state index in [9.17, 15) is 14.7 Å². The van der Waals surface area contributed by atoms with E-state index in [4.69, 9.17) is 9.47 Å². The number of carbonyl (C=O) groups excluding carboxylic acids is 2. The number of hydrogen-bond acceptors (Lipinski definition) is 5. The molecule has 1 N–H and O–H groups in total. The van der Waals surface area contributed by atoms with Gasteiger partial charge >= 0.3 is 0 Å². The highest BCUT2D eigenvalue weighted by molar-refractivity contribution is 6.17. The second kappa shape index (κ2) is 6.90. The number of rotatable bonds is 4. The first-order chi connectivity index (χ1) is 13.6. The van der Waals surface area contributed by atoms with Crippen LogP contribution in [-0.2, 0) is 9.59 Å². The van der Waals surface area contributed by atoms with Crippen LogP contribution in [0.5, 0.6) is 17.2 Å². The average Bonchev–Trinajstić information content (AvgIpc) is 2.71. The minimum atomic E-state index is -1.07. The van der Waals surface area contributed by atoms with Gasteiger partial charge in [-0.15, -0.1) is 0 Å². The normalized spacial score (nSPS) is 29.3. The number of hydrogen-bond donors (Lipinski definition) is 1. The van der Waals surface area contributed by atoms with E-state index in [-0.39, 0.29) is 17.3 Å². The van der Waals surface area contributed by atoms with Crippen molar-refractivity contribution in [3.63, 3.8) is 0 Å². The first kappa shape index (κ1) is 20.9. The molecule has 0 saturated carbocycles. The molecule has 0 spiro atoms. The molecule has 154 valence electrons. The van der Waals surface area contributed by atoms with Crippen LogP contribution in [0.3, 0.4) is 0 Å². The van der Waals surface area contributed by atoms with Crippen LogP contribution >= 0.6 is 0 Å². The Morgan fingerprint density at radius 2 is 1.59 bits per heavy atom. The fourth-order valence-electron chi connectivity index (χ4n) is 5.02. The van der Waals surface area contributed by atoms with Crippen molar-refractivity contribution in [3.05, 3.63) is 53.1 Å². The van der Waals surface area contributed by atoms with Gasteiger partial charge in [-0.2, -0.15) is 0 Å². The molecule has 1 aromatic carbocycles. The average molecular weight is 396 g/mol. The molecule has 0 fully saturated rings. The second-order valence-corrected chi connectivity index (χ2v) is 8.25. The van der Waals surface area contributed by atoms with Crippen molar-refractivity contribution in [1.29, 1.82) is 0 Å². The van der Waals surface area contributed by atoms with Crippen LogP contribution in [0.4, 0.5) is 0 Å². The van der Waals surface area contributed by atoms with Gasteiger partial charge in [0.1, 0.15) is 17.2 Å². The lowest BCUT2D eigenvalue weighted by atomic mass is 9.45. The highest BCUT2D eigenvalue weighted by atomic mass is 16.5. The smallest absolute Gasteiger partial charge is 0.166 e. The van der Waals surface area contributed by atoms with Crippen LogP contribution in [-0.4, -0.2) is 30.9 Å². The Kier molecular flexibility index (Phi) is 4.98. The van der Waals surface area contributed by atoms with Gasteiger partial charge in [0.05, 0.1) is 19.6 Å². The van der Waals surface area contributed by atoms with Crippen molar-refractivity contribution < 1.29 is 24.2 Å². The van der Waals surface area contributed by atoms with Crippen molar-refractivity contribution in [1.82, 2.24) is 0 Å². The maximum Gasteiger partial charge on any atom is 0.166 e. The molecule has 0 aliphatic heterocycles. The molecule has 29 heavy (non-hydrogen) atoms. The van der Waals surface area contributed by atoms with E-state index in [1.54, 1.807) is 19.9 Å². The van der Waals surface area contributed by atoms with Crippen LogP contribution < -0.4 is 9.47 Å². The van der Waals surface area contributed by atoms with Gasteiger partial charge in [0.2, 0.25) is 0 Å². The number of fused-ring (bicyclic) bond motifs is 1. The summed E-state index contributed by atoms with van der Waals surface area (Å²) in [6.45, 7) is 11.1. The van der Waals surface area contributed by atoms with Crippen LogP contribution in [0, 0.1) is 10.8 Å². The van der Waals surface area contributed by atoms with Gasteiger partial charge in [0.25, 0.3) is 0 Å². The van der Waals surface area contributed by atoms with E-state index in [0.717, 1.165) is 5.57 Å². The summed E-state index contributed by atoms with van der Waals surface area (Å²) in [4.78, 5) is 27.2. The largest absolute Gasteiger partial charge is 0.508 e. The Morgan fingerprint density at radius 1 is 1.07 bits per heavy atom. The molecule has 0 radical (unpaired) electrons. The minimum absolute atomic E-state index is 0.00623. The summed E-state index contributed by atoms with van der Waals surface area (Å²) in [6, 6.07) is 2.99. The second-order valence-electron chi connectivity index (χ2n) is 8.25. The first-order valence-corrected chi connectivity index (χ1v) is 9.62. The van der Waals surface area contributed by atoms with Crippen LogP contribution in [0.25, 0.3) is 0 Å². The van der Waals surface area contributed by atoms with Gasteiger partial charge < -0.3 is 14.6 Å². The quantitative estimate of drug-likeness (QED) is 0.811. The Balaban J connectivity index is 2.44. The van der Waals surface area contributed by atoms with Crippen molar-refractivity contribution in [3.8, 4) is 17.2 Å². The lowest BCUT2D eigenvalue weighted by molar-refractivity contribution is -0.147. The summed E-state index contributed by atoms with van der Waals surface area (Å²) in [5.74, 6) is 0.186. The first-order valence-electron chi connectivity index (χ1n) is 9.62. The van der Waals surface area contributed by atoms with Crippen LogP contribution in [0.1, 0.15) is 45.6 Å².